The van der Waals surface area contributed by atoms with Crippen LogP contribution >= 0.6 is 0 Å². The summed E-state index contributed by atoms with van der Waals surface area (Å²) < 4.78 is 0. The topological polar surface area (TPSA) is 0 Å². The van der Waals surface area contributed by atoms with Gasteiger partial charge in [-0.05, 0) is 19.3 Å². The summed E-state index contributed by atoms with van der Waals surface area (Å²) in [6, 6.07) is 0. The van der Waals surface area contributed by atoms with Crippen LogP contribution in [-0.2, 0) is 25.8 Å². The van der Waals surface area contributed by atoms with Gasteiger partial charge in [0.1, 0.15) is 0 Å². The summed E-state index contributed by atoms with van der Waals surface area (Å²) in [5.74, 6) is 0.514. The Labute approximate surface area is 169 Å². The molecule has 0 N–H and O–H groups in total. The molecule has 0 radical (unpaired) electrons. The molecule has 0 spiro atoms. The van der Waals surface area contributed by atoms with Gasteiger partial charge in [-0.1, -0.05) is 61.5 Å². The Morgan fingerprint density at radius 1 is 1.12 bits per heavy atom. The molecule has 0 heterocycles. The molecule has 0 fully saturated rings. The third-order valence-corrected chi connectivity index (χ3v) is 6.49. The third-order valence-electron chi connectivity index (χ3n) is 4.74. The van der Waals surface area contributed by atoms with E-state index in [-0.39, 0.29) is 40.7 Å². The molecular weight excluding hydrogens is 471 g/mol. The van der Waals surface area contributed by atoms with Gasteiger partial charge in [-0.2, -0.15) is 5.57 Å². The molecule has 0 saturated heterocycles. The SMILES string of the molecule is CC1=[C-]C2=CC=CC(=[Si](C)C)C(C)C2=C1C1=C(C)C=CC1.[CH3-].[CH3-].[Hf]. The zero-order chi connectivity index (χ0) is 15.1. The van der Waals surface area contributed by atoms with E-state index in [9.17, 15) is 0 Å². The van der Waals surface area contributed by atoms with Crippen LogP contribution in [0.2, 0.25) is 13.1 Å². The molecule has 0 aromatic heterocycles. The maximum Gasteiger partial charge on any atom is 0.00715 e. The van der Waals surface area contributed by atoms with Crippen molar-refractivity contribution in [2.45, 2.75) is 40.3 Å². The van der Waals surface area contributed by atoms with Gasteiger partial charge in [-0.25, -0.2) is 0 Å². The van der Waals surface area contributed by atoms with Crippen LogP contribution in [0, 0.1) is 26.8 Å². The number of hydrogen-bond donors (Lipinski definition) is 0. The average molecular weight is 500 g/mol. The van der Waals surface area contributed by atoms with Gasteiger partial charge in [-0.15, -0.1) is 34.9 Å². The molecule has 0 aromatic rings. The largest absolute Gasteiger partial charge is 0.358 e. The van der Waals surface area contributed by atoms with Gasteiger partial charge in [0.25, 0.3) is 0 Å². The van der Waals surface area contributed by atoms with Gasteiger partial charge in [0.2, 0.25) is 0 Å². The summed E-state index contributed by atoms with van der Waals surface area (Å²) in [5, 5.41) is 1.62. The smallest absolute Gasteiger partial charge is 0.00715 e. The maximum absolute atomic E-state index is 3.62. The van der Waals surface area contributed by atoms with Crippen molar-refractivity contribution < 1.29 is 25.8 Å². The van der Waals surface area contributed by atoms with Crippen LogP contribution in [0.3, 0.4) is 0 Å². The molecule has 2 heteroatoms. The monoisotopic (exact) mass is 501 g/mol. The van der Waals surface area contributed by atoms with Crippen LogP contribution in [0.4, 0.5) is 0 Å². The zero-order valence-corrected chi connectivity index (χ0v) is 20.8. The van der Waals surface area contributed by atoms with Crippen LogP contribution in [0.5, 0.6) is 0 Å². The molecule has 0 aromatic carbocycles. The fourth-order valence-corrected chi connectivity index (χ4v) is 5.14. The Hall–Kier alpha value is -0.603. The predicted molar refractivity (Wildman–Crippen MR) is 108 cm³/mol. The Morgan fingerprint density at radius 3 is 2.33 bits per heavy atom. The van der Waals surface area contributed by atoms with Crippen LogP contribution in [-0.4, -0.2) is 13.6 Å². The minimum atomic E-state index is -0.428. The first-order valence-electron chi connectivity index (χ1n) is 7.78. The van der Waals surface area contributed by atoms with E-state index in [0.717, 1.165) is 6.42 Å². The normalized spacial score (nSPS) is 21.4. The molecular formula is C22H29HfSi-3. The van der Waals surface area contributed by atoms with Gasteiger partial charge in [0, 0.05) is 34.3 Å². The maximum atomic E-state index is 3.62. The average Bonchev–Trinajstić information content (AvgIpc) is 2.92. The van der Waals surface area contributed by atoms with Crippen molar-refractivity contribution in [3.8, 4) is 0 Å². The third kappa shape index (κ3) is 3.96. The summed E-state index contributed by atoms with van der Waals surface area (Å²) in [5.41, 5.74) is 8.53. The van der Waals surface area contributed by atoms with Gasteiger partial charge in [-0.3, -0.25) is 0 Å². The fraction of sp³-hybridized carbons (Fsp3) is 0.318. The van der Waals surface area contributed by atoms with E-state index in [1.54, 1.807) is 5.17 Å². The molecule has 3 rings (SSSR count). The summed E-state index contributed by atoms with van der Waals surface area (Å²) >= 11 is 0. The van der Waals surface area contributed by atoms with E-state index in [1.165, 1.54) is 33.4 Å². The summed E-state index contributed by atoms with van der Waals surface area (Å²) in [4.78, 5) is 0. The number of fused-ring (bicyclic) bond motifs is 1. The van der Waals surface area contributed by atoms with Gasteiger partial charge < -0.3 is 14.9 Å². The second-order valence-corrected chi connectivity index (χ2v) is 9.00. The summed E-state index contributed by atoms with van der Waals surface area (Å²) in [6.45, 7) is 11.6. The van der Waals surface area contributed by atoms with Crippen molar-refractivity contribution in [1.82, 2.24) is 0 Å². The molecule has 0 aliphatic heterocycles. The first-order valence-corrected chi connectivity index (χ1v) is 10.3. The standard InChI is InChI=1S/C20H23Si.2CH3.Hf/c1-13-8-6-10-17(13)19-14(2)12-16-9-7-11-18(21(4)5)15(3)20(16)19;;;/h6-9,11,15H,10H2,1-5H3;2*1H3;/q3*-1;. The first-order chi connectivity index (χ1) is 10.0. The van der Waals surface area contributed by atoms with Crippen LogP contribution in [0.25, 0.3) is 0 Å². The van der Waals surface area contributed by atoms with Gasteiger partial charge >= 0.3 is 0 Å². The molecule has 1 unspecified atom stereocenters. The Balaban J connectivity index is 0.00000176. The minimum absolute atomic E-state index is 0. The predicted octanol–water partition coefficient (Wildman–Crippen LogP) is 5.86. The van der Waals surface area contributed by atoms with Crippen molar-refractivity contribution in [2.24, 2.45) is 5.92 Å². The molecule has 0 bridgehead atoms. The van der Waals surface area contributed by atoms with E-state index < -0.39 is 8.41 Å². The fourth-order valence-electron chi connectivity index (χ4n) is 3.70. The van der Waals surface area contributed by atoms with Crippen LogP contribution in [0.15, 0.2) is 63.8 Å². The Bertz CT molecular complexity index is 717. The van der Waals surface area contributed by atoms with E-state index in [4.69, 9.17) is 0 Å². The molecule has 1 atom stereocenters. The van der Waals surface area contributed by atoms with Crippen molar-refractivity contribution in [2.75, 3.05) is 0 Å². The zero-order valence-electron chi connectivity index (χ0n) is 16.2. The molecule has 128 valence electrons. The van der Waals surface area contributed by atoms with Crippen molar-refractivity contribution >= 4 is 13.6 Å². The van der Waals surface area contributed by atoms with E-state index in [2.05, 4.69) is 70.3 Å². The molecule has 0 nitrogen and oxygen atoms in total. The van der Waals surface area contributed by atoms with Crippen LogP contribution in [0.1, 0.15) is 27.2 Å². The van der Waals surface area contributed by atoms with E-state index >= 15 is 0 Å². The number of allylic oxidation sites excluding steroid dienone is 12. The second-order valence-electron chi connectivity index (χ2n) is 6.42. The van der Waals surface area contributed by atoms with Crippen molar-refractivity contribution in [1.29, 1.82) is 0 Å². The molecule has 3 aliphatic carbocycles. The molecule has 24 heavy (non-hydrogen) atoms. The second kappa shape index (κ2) is 9.19. The summed E-state index contributed by atoms with van der Waals surface area (Å²) in [6.07, 6.45) is 16.1. The van der Waals surface area contributed by atoms with E-state index in [1.807, 2.05) is 0 Å². The summed E-state index contributed by atoms with van der Waals surface area (Å²) in [7, 11) is -0.428. The molecule has 0 amide bonds. The van der Waals surface area contributed by atoms with Crippen molar-refractivity contribution in [3.05, 3.63) is 84.7 Å². The minimum Gasteiger partial charge on any atom is -0.358 e. The number of rotatable bonds is 1. The first kappa shape index (κ1) is 23.4. The molecule has 3 aliphatic rings. The number of hydrogen-bond acceptors (Lipinski definition) is 0. The van der Waals surface area contributed by atoms with Gasteiger partial charge in [0.05, 0.1) is 0 Å². The Morgan fingerprint density at radius 2 is 1.79 bits per heavy atom. The van der Waals surface area contributed by atoms with E-state index in [0.29, 0.717) is 5.92 Å². The molecule has 0 saturated carbocycles. The quantitative estimate of drug-likeness (QED) is 0.313. The van der Waals surface area contributed by atoms with Crippen LogP contribution < -0.4 is 0 Å². The van der Waals surface area contributed by atoms with Crippen molar-refractivity contribution in [3.63, 3.8) is 0 Å². The van der Waals surface area contributed by atoms with Gasteiger partial charge in [0.15, 0.2) is 0 Å². The Kier molecular flexibility index (Phi) is 8.96.